The van der Waals surface area contributed by atoms with Gasteiger partial charge in [0.1, 0.15) is 5.82 Å². The summed E-state index contributed by atoms with van der Waals surface area (Å²) in [5.41, 5.74) is -1.44. The monoisotopic (exact) mass is 691 g/mol. The molecule has 0 spiro atoms. The van der Waals surface area contributed by atoms with Crippen molar-refractivity contribution < 1.29 is 35.6 Å². The number of carbonyl (C=O) groups excluding carboxylic acids is 2. The fourth-order valence-corrected chi connectivity index (χ4v) is 6.85. The second-order valence-electron chi connectivity index (χ2n) is 10.5. The molecule has 0 aliphatic carbocycles. The average molecular weight is 692 g/mol. The second-order valence-corrected chi connectivity index (χ2v) is 13.1. The predicted molar refractivity (Wildman–Crippen MR) is 171 cm³/mol. The number of aromatic nitrogens is 2. The highest BCUT2D eigenvalue weighted by molar-refractivity contribution is 7.92. The minimum absolute atomic E-state index is 0.00822. The highest BCUT2D eigenvalue weighted by Crippen LogP contribution is 2.31. The van der Waals surface area contributed by atoms with Crippen molar-refractivity contribution >= 4 is 56.3 Å². The molecular formula is C32H30ClF4N5O4S. The molecule has 0 aliphatic heterocycles. The molecule has 1 aromatic heterocycles. The number of nitrogens with zero attached hydrogens (tertiary/aromatic N) is 2. The van der Waals surface area contributed by atoms with Gasteiger partial charge < -0.3 is 16.0 Å². The zero-order valence-corrected chi connectivity index (χ0v) is 26.7. The van der Waals surface area contributed by atoms with Crippen molar-refractivity contribution in [3.8, 4) is 0 Å². The van der Waals surface area contributed by atoms with Crippen LogP contribution in [0.5, 0.6) is 0 Å². The molecule has 0 unspecified atom stereocenters. The number of benzene rings is 3. The number of rotatable bonds is 12. The van der Waals surface area contributed by atoms with E-state index in [1.54, 1.807) is 12.1 Å². The molecule has 0 radical (unpaired) electrons. The summed E-state index contributed by atoms with van der Waals surface area (Å²) in [5, 5.41) is 7.33. The summed E-state index contributed by atoms with van der Waals surface area (Å²) >= 11 is 6.17. The Balaban J connectivity index is 1.41. The van der Waals surface area contributed by atoms with E-state index in [9.17, 15) is 35.6 Å². The van der Waals surface area contributed by atoms with Crippen LogP contribution in [0, 0.1) is 5.82 Å². The van der Waals surface area contributed by atoms with E-state index in [2.05, 4.69) is 25.9 Å². The van der Waals surface area contributed by atoms with Gasteiger partial charge in [-0.1, -0.05) is 38.3 Å². The van der Waals surface area contributed by atoms with Crippen LogP contribution in [0.4, 0.5) is 40.6 Å². The molecule has 0 aliphatic rings. The van der Waals surface area contributed by atoms with Crippen LogP contribution in [0.15, 0.2) is 78.0 Å². The first-order chi connectivity index (χ1) is 22.2. The molecule has 4 aromatic rings. The second kappa shape index (κ2) is 14.9. The lowest BCUT2D eigenvalue weighted by Crippen LogP contribution is -2.21. The first kappa shape index (κ1) is 35.3. The summed E-state index contributed by atoms with van der Waals surface area (Å²) < 4.78 is 79.4. The van der Waals surface area contributed by atoms with Gasteiger partial charge in [0.2, 0.25) is 5.95 Å². The lowest BCUT2D eigenvalue weighted by molar-refractivity contribution is -0.137. The van der Waals surface area contributed by atoms with Crippen LogP contribution in [0.25, 0.3) is 0 Å². The van der Waals surface area contributed by atoms with Crippen LogP contribution < -0.4 is 16.0 Å². The highest BCUT2D eigenvalue weighted by Gasteiger charge is 2.32. The van der Waals surface area contributed by atoms with Crippen LogP contribution in [0.3, 0.4) is 0 Å². The third kappa shape index (κ3) is 8.83. The molecule has 3 N–H and O–H groups in total. The molecule has 0 saturated heterocycles. The maximum Gasteiger partial charge on any atom is 0.416 e. The minimum atomic E-state index is -4.78. The maximum atomic E-state index is 14.2. The Kier molecular flexibility index (Phi) is 11.2. The van der Waals surface area contributed by atoms with Crippen LogP contribution in [-0.2, 0) is 16.0 Å². The molecule has 0 saturated carbocycles. The number of amides is 2. The van der Waals surface area contributed by atoms with Crippen molar-refractivity contribution in [2.75, 3.05) is 16.0 Å². The van der Waals surface area contributed by atoms with E-state index in [1.807, 2.05) is 13.8 Å². The molecular weight excluding hydrogens is 662 g/mol. The Morgan fingerprint density at radius 2 is 1.38 bits per heavy atom. The van der Waals surface area contributed by atoms with Crippen molar-refractivity contribution in [1.29, 1.82) is 0 Å². The van der Waals surface area contributed by atoms with Crippen LogP contribution in [0.2, 0.25) is 5.02 Å². The molecule has 2 amide bonds. The standard InChI is InChI=1S/C32H30ClF4N5O4S/c1-3-5-23(6-4-2)47(45,46)24-11-8-20(9-12-24)42-31-38-17-22(18-39-31)41-29(43)25-16-21(10-13-27(25)33)40-30(44)26-15-19(32(35,36)37)7-14-28(26)34/h7-18,23H,3-6H2,1-2H3,(H,40,44)(H,41,43)(H,38,39,42). The number of anilines is 4. The topological polar surface area (TPSA) is 130 Å². The van der Waals surface area contributed by atoms with Gasteiger partial charge in [-0.15, -0.1) is 0 Å². The zero-order valence-electron chi connectivity index (χ0n) is 25.2. The number of halogens is 5. The van der Waals surface area contributed by atoms with Gasteiger partial charge in [-0.2, -0.15) is 13.2 Å². The third-order valence-corrected chi connectivity index (χ3v) is 9.62. The van der Waals surface area contributed by atoms with E-state index in [-0.39, 0.29) is 32.8 Å². The molecule has 47 heavy (non-hydrogen) atoms. The van der Waals surface area contributed by atoms with Crippen LogP contribution in [-0.4, -0.2) is 35.5 Å². The fraction of sp³-hybridized carbons (Fsp3) is 0.250. The Hall–Kier alpha value is -4.56. The first-order valence-electron chi connectivity index (χ1n) is 14.4. The zero-order chi connectivity index (χ0) is 34.4. The normalized spacial score (nSPS) is 11.7. The van der Waals surface area contributed by atoms with Crippen LogP contribution >= 0.6 is 11.6 Å². The van der Waals surface area contributed by atoms with Gasteiger partial charge in [0.15, 0.2) is 9.84 Å². The van der Waals surface area contributed by atoms with Crippen molar-refractivity contribution in [2.24, 2.45) is 0 Å². The molecule has 248 valence electrons. The molecule has 0 bridgehead atoms. The molecule has 4 rings (SSSR count). The summed E-state index contributed by atoms with van der Waals surface area (Å²) in [5.74, 6) is -2.87. The third-order valence-electron chi connectivity index (χ3n) is 7.02. The molecule has 15 heteroatoms. The Labute approximate surface area is 273 Å². The van der Waals surface area contributed by atoms with Crippen molar-refractivity contribution in [2.45, 2.75) is 55.9 Å². The SMILES string of the molecule is CCCC(CCC)S(=O)(=O)c1ccc(Nc2ncc(NC(=O)c3cc(NC(=O)c4cc(C(F)(F)F)ccc4F)ccc3Cl)cn2)cc1. The molecule has 9 nitrogen and oxygen atoms in total. The molecule has 1 heterocycles. The number of carbonyl (C=O) groups is 2. The van der Waals surface area contributed by atoms with Crippen molar-refractivity contribution in [3.63, 3.8) is 0 Å². The van der Waals surface area contributed by atoms with Gasteiger partial charge in [-0.05, 0) is 73.5 Å². The Morgan fingerprint density at radius 3 is 1.98 bits per heavy atom. The van der Waals surface area contributed by atoms with E-state index >= 15 is 0 Å². The smallest absolute Gasteiger partial charge is 0.324 e. The average Bonchev–Trinajstić information content (AvgIpc) is 3.02. The Bertz CT molecular complexity index is 1850. The van der Waals surface area contributed by atoms with Gasteiger partial charge in [0, 0.05) is 11.4 Å². The van der Waals surface area contributed by atoms with Gasteiger partial charge in [0.05, 0.1) is 49.9 Å². The summed E-state index contributed by atoms with van der Waals surface area (Å²) in [7, 11) is -3.47. The van der Waals surface area contributed by atoms with Crippen LogP contribution in [0.1, 0.15) is 65.8 Å². The van der Waals surface area contributed by atoms with Gasteiger partial charge >= 0.3 is 6.18 Å². The van der Waals surface area contributed by atoms with E-state index in [1.165, 1.54) is 42.7 Å². The fourth-order valence-electron chi connectivity index (χ4n) is 4.65. The summed E-state index contributed by atoms with van der Waals surface area (Å²) in [6.07, 6.45) is 0.545. The van der Waals surface area contributed by atoms with E-state index in [0.29, 0.717) is 36.7 Å². The van der Waals surface area contributed by atoms with E-state index < -0.39 is 50.0 Å². The van der Waals surface area contributed by atoms with Gasteiger partial charge in [0.25, 0.3) is 11.8 Å². The molecule has 0 atom stereocenters. The summed E-state index contributed by atoms with van der Waals surface area (Å²) in [4.78, 5) is 34.1. The predicted octanol–water partition coefficient (Wildman–Crippen LogP) is 8.28. The summed E-state index contributed by atoms with van der Waals surface area (Å²) in [6.45, 7) is 3.91. The number of hydrogen-bond donors (Lipinski definition) is 3. The van der Waals surface area contributed by atoms with Crippen molar-refractivity contribution in [3.05, 3.63) is 101 Å². The minimum Gasteiger partial charge on any atom is -0.324 e. The van der Waals surface area contributed by atoms with E-state index in [4.69, 9.17) is 11.6 Å². The number of sulfone groups is 1. The lowest BCUT2D eigenvalue weighted by Gasteiger charge is -2.16. The number of nitrogens with one attached hydrogen (secondary N) is 3. The quantitative estimate of drug-likeness (QED) is 0.128. The van der Waals surface area contributed by atoms with E-state index in [0.717, 1.165) is 12.8 Å². The summed E-state index contributed by atoms with van der Waals surface area (Å²) in [6, 6.07) is 11.5. The Morgan fingerprint density at radius 1 is 0.809 bits per heavy atom. The van der Waals surface area contributed by atoms with Gasteiger partial charge in [-0.25, -0.2) is 22.8 Å². The first-order valence-corrected chi connectivity index (χ1v) is 16.4. The molecule has 0 fully saturated rings. The van der Waals surface area contributed by atoms with Gasteiger partial charge in [-0.3, -0.25) is 9.59 Å². The van der Waals surface area contributed by atoms with Crippen molar-refractivity contribution in [1.82, 2.24) is 9.97 Å². The number of hydrogen-bond acceptors (Lipinski definition) is 7. The molecule has 3 aromatic carbocycles. The largest absolute Gasteiger partial charge is 0.416 e. The highest BCUT2D eigenvalue weighted by atomic mass is 35.5. The maximum absolute atomic E-state index is 14.2. The lowest BCUT2D eigenvalue weighted by atomic mass is 10.1. The number of alkyl halides is 3.